The number of carbonyl (C=O) groups excluding carboxylic acids is 2. The smallest absolute Gasteiger partial charge is 0.270 e. The monoisotopic (exact) mass is 378 g/mol. The van der Waals surface area contributed by atoms with Gasteiger partial charge in [0.2, 0.25) is 0 Å². The number of nitro groups is 1. The Morgan fingerprint density at radius 3 is 2.58 bits per heavy atom. The number of non-ortho nitro benzene ring substituents is 1. The standard InChI is InChI=1S/C17H15ClN2O6/c1-10(17(22)19-14-8-12(18)3-5-16(14)25-2)26-15-6-4-13(20(23)24)7-11(15)9-21/h3-10H,1-2H3,(H,19,22)/t10-/m1/s1. The second kappa shape index (κ2) is 8.30. The summed E-state index contributed by atoms with van der Waals surface area (Å²) in [5, 5.41) is 13.8. The Balaban J connectivity index is 2.16. The van der Waals surface area contributed by atoms with Crippen LogP contribution in [0.3, 0.4) is 0 Å². The van der Waals surface area contributed by atoms with Crippen LogP contribution in [0.4, 0.5) is 11.4 Å². The summed E-state index contributed by atoms with van der Waals surface area (Å²) >= 11 is 5.91. The van der Waals surface area contributed by atoms with Gasteiger partial charge < -0.3 is 14.8 Å². The van der Waals surface area contributed by atoms with E-state index in [1.807, 2.05) is 0 Å². The number of hydrogen-bond acceptors (Lipinski definition) is 6. The number of ether oxygens (including phenoxy) is 2. The predicted octanol–water partition coefficient (Wildman–Crippen LogP) is 3.48. The summed E-state index contributed by atoms with van der Waals surface area (Å²) in [6.45, 7) is 1.47. The van der Waals surface area contributed by atoms with Crippen LogP contribution in [0.25, 0.3) is 0 Å². The molecule has 0 aliphatic heterocycles. The van der Waals surface area contributed by atoms with Gasteiger partial charge in [0, 0.05) is 17.2 Å². The van der Waals surface area contributed by atoms with Crippen LogP contribution < -0.4 is 14.8 Å². The minimum atomic E-state index is -0.987. The number of carbonyl (C=O) groups is 2. The highest BCUT2D eigenvalue weighted by Crippen LogP contribution is 2.28. The van der Waals surface area contributed by atoms with E-state index in [0.717, 1.165) is 6.07 Å². The van der Waals surface area contributed by atoms with E-state index >= 15 is 0 Å². The Labute approximate surface area is 153 Å². The molecule has 0 bridgehead atoms. The third-order valence-electron chi connectivity index (χ3n) is 3.42. The van der Waals surface area contributed by atoms with Gasteiger partial charge in [0.1, 0.15) is 11.5 Å². The molecule has 0 aliphatic rings. The lowest BCUT2D eigenvalue weighted by Crippen LogP contribution is -2.30. The van der Waals surface area contributed by atoms with Crippen molar-refractivity contribution in [2.75, 3.05) is 12.4 Å². The second-order valence-electron chi connectivity index (χ2n) is 5.19. The summed E-state index contributed by atoms with van der Waals surface area (Å²) in [6.07, 6.45) is -0.564. The Morgan fingerprint density at radius 2 is 1.96 bits per heavy atom. The van der Waals surface area contributed by atoms with Gasteiger partial charge in [0.05, 0.1) is 23.3 Å². The number of rotatable bonds is 7. The SMILES string of the molecule is COc1ccc(Cl)cc1NC(=O)[C@@H](C)Oc1ccc([N+](=O)[O-])cc1C=O. The van der Waals surface area contributed by atoms with Gasteiger partial charge in [-0.1, -0.05) is 11.6 Å². The van der Waals surface area contributed by atoms with Crippen LogP contribution in [-0.2, 0) is 4.79 Å². The van der Waals surface area contributed by atoms with E-state index in [9.17, 15) is 19.7 Å². The molecule has 1 N–H and O–H groups in total. The minimum absolute atomic E-state index is 0.0285. The molecular formula is C17H15ClN2O6. The van der Waals surface area contributed by atoms with Gasteiger partial charge in [-0.15, -0.1) is 0 Å². The lowest BCUT2D eigenvalue weighted by Gasteiger charge is -2.17. The van der Waals surface area contributed by atoms with Gasteiger partial charge in [-0.25, -0.2) is 0 Å². The fraction of sp³-hybridized carbons (Fsp3) is 0.176. The molecule has 2 aromatic carbocycles. The number of hydrogen-bond donors (Lipinski definition) is 1. The van der Waals surface area contributed by atoms with Crippen LogP contribution in [0.1, 0.15) is 17.3 Å². The number of aldehydes is 1. The quantitative estimate of drug-likeness (QED) is 0.449. The zero-order valence-electron chi connectivity index (χ0n) is 13.9. The van der Waals surface area contributed by atoms with Crippen LogP contribution in [-0.4, -0.2) is 30.3 Å². The van der Waals surface area contributed by atoms with Crippen molar-refractivity contribution in [3.63, 3.8) is 0 Å². The number of nitrogens with one attached hydrogen (secondary N) is 1. The number of nitro benzene ring substituents is 1. The van der Waals surface area contributed by atoms with Crippen molar-refractivity contribution >= 4 is 35.2 Å². The Kier molecular flexibility index (Phi) is 6.13. The first-order valence-corrected chi connectivity index (χ1v) is 7.78. The maximum absolute atomic E-state index is 12.3. The first-order valence-electron chi connectivity index (χ1n) is 7.40. The number of anilines is 1. The number of nitrogens with zero attached hydrogens (tertiary/aromatic N) is 1. The highest BCUT2D eigenvalue weighted by atomic mass is 35.5. The van der Waals surface area contributed by atoms with Gasteiger partial charge >= 0.3 is 0 Å². The number of halogens is 1. The average Bonchev–Trinajstić information content (AvgIpc) is 2.61. The summed E-state index contributed by atoms with van der Waals surface area (Å²) in [4.78, 5) is 33.6. The van der Waals surface area contributed by atoms with Gasteiger partial charge in [0.25, 0.3) is 11.6 Å². The second-order valence-corrected chi connectivity index (χ2v) is 5.63. The maximum atomic E-state index is 12.3. The van der Waals surface area contributed by atoms with Gasteiger partial charge in [-0.05, 0) is 31.2 Å². The molecule has 0 radical (unpaired) electrons. The Bertz CT molecular complexity index is 855. The molecule has 0 saturated carbocycles. The van der Waals surface area contributed by atoms with E-state index in [4.69, 9.17) is 21.1 Å². The molecule has 8 nitrogen and oxygen atoms in total. The number of methoxy groups -OCH3 is 1. The summed E-state index contributed by atoms with van der Waals surface area (Å²) in [5.41, 5.74) is 0.0826. The van der Waals surface area contributed by atoms with E-state index in [1.165, 1.54) is 32.2 Å². The Morgan fingerprint density at radius 1 is 1.27 bits per heavy atom. The molecule has 0 fully saturated rings. The molecule has 2 aromatic rings. The highest BCUT2D eigenvalue weighted by Gasteiger charge is 2.19. The van der Waals surface area contributed by atoms with Crippen LogP contribution in [0.5, 0.6) is 11.5 Å². The molecule has 0 aromatic heterocycles. The molecule has 1 amide bonds. The van der Waals surface area contributed by atoms with Gasteiger partial charge in [0.15, 0.2) is 12.4 Å². The van der Waals surface area contributed by atoms with Crippen molar-refractivity contribution in [1.82, 2.24) is 0 Å². The van der Waals surface area contributed by atoms with Crippen molar-refractivity contribution in [3.05, 3.63) is 57.1 Å². The molecule has 1 atom stereocenters. The maximum Gasteiger partial charge on any atom is 0.270 e. The average molecular weight is 379 g/mol. The van der Waals surface area contributed by atoms with E-state index in [0.29, 0.717) is 22.7 Å². The fourth-order valence-corrected chi connectivity index (χ4v) is 2.28. The molecule has 2 rings (SSSR count). The molecule has 0 saturated heterocycles. The van der Waals surface area contributed by atoms with Crippen LogP contribution in [0.15, 0.2) is 36.4 Å². The van der Waals surface area contributed by atoms with Crippen molar-refractivity contribution in [2.45, 2.75) is 13.0 Å². The van der Waals surface area contributed by atoms with E-state index in [1.54, 1.807) is 12.1 Å². The van der Waals surface area contributed by atoms with Crippen LogP contribution in [0, 0.1) is 10.1 Å². The zero-order valence-corrected chi connectivity index (χ0v) is 14.6. The molecule has 0 aliphatic carbocycles. The molecule has 26 heavy (non-hydrogen) atoms. The van der Waals surface area contributed by atoms with Gasteiger partial charge in [-0.2, -0.15) is 0 Å². The summed E-state index contributed by atoms with van der Waals surface area (Å²) in [7, 11) is 1.45. The van der Waals surface area contributed by atoms with E-state index in [2.05, 4.69) is 5.32 Å². The summed E-state index contributed by atoms with van der Waals surface area (Å²) in [6, 6.07) is 8.27. The molecule has 136 valence electrons. The lowest BCUT2D eigenvalue weighted by atomic mass is 10.2. The van der Waals surface area contributed by atoms with Crippen molar-refractivity contribution in [3.8, 4) is 11.5 Å². The lowest BCUT2D eigenvalue weighted by molar-refractivity contribution is -0.384. The third kappa shape index (κ3) is 4.48. The summed E-state index contributed by atoms with van der Waals surface area (Å²) in [5.74, 6) is -0.0362. The molecular weight excluding hydrogens is 364 g/mol. The van der Waals surface area contributed by atoms with Crippen molar-refractivity contribution < 1.29 is 24.0 Å². The first kappa shape index (κ1) is 19.2. The van der Waals surface area contributed by atoms with Gasteiger partial charge in [-0.3, -0.25) is 19.7 Å². The minimum Gasteiger partial charge on any atom is -0.495 e. The highest BCUT2D eigenvalue weighted by molar-refractivity contribution is 6.31. The third-order valence-corrected chi connectivity index (χ3v) is 3.66. The normalized spacial score (nSPS) is 11.3. The molecule has 0 heterocycles. The summed E-state index contributed by atoms with van der Waals surface area (Å²) < 4.78 is 10.6. The largest absolute Gasteiger partial charge is 0.495 e. The molecule has 0 unspecified atom stereocenters. The van der Waals surface area contributed by atoms with Crippen molar-refractivity contribution in [2.24, 2.45) is 0 Å². The molecule has 9 heteroatoms. The molecule has 0 spiro atoms. The first-order chi connectivity index (χ1) is 12.3. The van der Waals surface area contributed by atoms with Crippen LogP contribution >= 0.6 is 11.6 Å². The van der Waals surface area contributed by atoms with E-state index < -0.39 is 16.9 Å². The zero-order chi connectivity index (χ0) is 19.3. The Hall–Kier alpha value is -3.13. The van der Waals surface area contributed by atoms with Crippen molar-refractivity contribution in [1.29, 1.82) is 0 Å². The van der Waals surface area contributed by atoms with Crippen LogP contribution in [0.2, 0.25) is 5.02 Å². The fourth-order valence-electron chi connectivity index (χ4n) is 2.11. The number of benzene rings is 2. The van der Waals surface area contributed by atoms with E-state index in [-0.39, 0.29) is 17.0 Å². The number of amides is 1. The predicted molar refractivity (Wildman–Crippen MR) is 95.2 cm³/mol. The topological polar surface area (TPSA) is 108 Å².